The van der Waals surface area contributed by atoms with Gasteiger partial charge in [-0.15, -0.1) is 0 Å². The van der Waals surface area contributed by atoms with E-state index in [0.717, 1.165) is 25.7 Å². The molecule has 0 saturated heterocycles. The number of carbonyl (C=O) groups is 1. The van der Waals surface area contributed by atoms with Crippen molar-refractivity contribution in [2.45, 2.75) is 31.8 Å². The summed E-state index contributed by atoms with van der Waals surface area (Å²) in [5.74, 6) is -0.653. The minimum absolute atomic E-state index is 0.185. The molecule has 112 valence electrons. The molecular formula is C15H18FN3O2. The molecule has 1 amide bonds. The van der Waals surface area contributed by atoms with Crippen LogP contribution in [0.1, 0.15) is 36.0 Å². The van der Waals surface area contributed by atoms with Crippen molar-refractivity contribution in [2.24, 2.45) is 5.92 Å². The Morgan fingerprint density at radius 1 is 1.48 bits per heavy atom. The van der Waals surface area contributed by atoms with Crippen molar-refractivity contribution in [1.29, 1.82) is 0 Å². The molecule has 0 aliphatic heterocycles. The fraction of sp³-hybridized carbons (Fsp3) is 0.467. The Balaban J connectivity index is 1.70. The topological polar surface area (TPSA) is 78.0 Å². The molecule has 3 N–H and O–H groups in total. The quantitative estimate of drug-likeness (QED) is 0.806. The summed E-state index contributed by atoms with van der Waals surface area (Å²) in [6, 6.07) is 2.47. The van der Waals surface area contributed by atoms with E-state index in [0.29, 0.717) is 11.0 Å². The van der Waals surface area contributed by atoms with Gasteiger partial charge in [0, 0.05) is 6.54 Å². The number of benzene rings is 1. The van der Waals surface area contributed by atoms with Crippen LogP contribution in [0.15, 0.2) is 18.5 Å². The normalized spacial score (nSPS) is 17.2. The molecule has 1 aliphatic rings. The third-order valence-corrected chi connectivity index (χ3v) is 4.15. The van der Waals surface area contributed by atoms with Gasteiger partial charge in [0.05, 0.1) is 23.5 Å². The Morgan fingerprint density at radius 3 is 3.00 bits per heavy atom. The second-order valence-corrected chi connectivity index (χ2v) is 5.57. The predicted molar refractivity (Wildman–Crippen MR) is 76.3 cm³/mol. The number of imidazole rings is 1. The molecule has 21 heavy (non-hydrogen) atoms. The smallest absolute Gasteiger partial charge is 0.253 e. The number of aliphatic hydroxyl groups excluding tert-OH is 1. The first-order valence-corrected chi connectivity index (χ1v) is 7.24. The van der Waals surface area contributed by atoms with Crippen molar-refractivity contribution in [3.63, 3.8) is 0 Å². The van der Waals surface area contributed by atoms with Crippen LogP contribution in [0.2, 0.25) is 0 Å². The third-order valence-electron chi connectivity index (χ3n) is 4.15. The van der Waals surface area contributed by atoms with E-state index in [1.54, 1.807) is 0 Å². The fourth-order valence-corrected chi connectivity index (χ4v) is 2.99. The maximum Gasteiger partial charge on any atom is 0.253 e. The highest BCUT2D eigenvalue weighted by atomic mass is 19.1. The van der Waals surface area contributed by atoms with E-state index in [2.05, 4.69) is 15.3 Å². The lowest BCUT2D eigenvalue weighted by molar-refractivity contribution is 0.0841. The molecule has 1 aromatic carbocycles. The predicted octanol–water partition coefficient (Wildman–Crippen LogP) is 1.98. The second kappa shape index (κ2) is 5.81. The number of fused-ring (bicyclic) bond motifs is 1. The number of carbonyl (C=O) groups excluding carboxylic acids is 1. The summed E-state index contributed by atoms with van der Waals surface area (Å²) in [7, 11) is 0. The van der Waals surface area contributed by atoms with Crippen LogP contribution < -0.4 is 5.32 Å². The van der Waals surface area contributed by atoms with E-state index < -0.39 is 17.8 Å². The number of aliphatic hydroxyl groups is 1. The average Bonchev–Trinajstić information content (AvgIpc) is 3.13. The number of aromatic amines is 1. The molecule has 5 nitrogen and oxygen atoms in total. The number of hydrogen-bond acceptors (Lipinski definition) is 3. The summed E-state index contributed by atoms with van der Waals surface area (Å²) in [4.78, 5) is 19.0. The highest BCUT2D eigenvalue weighted by Gasteiger charge is 2.24. The van der Waals surface area contributed by atoms with Gasteiger partial charge in [-0.25, -0.2) is 9.37 Å². The van der Waals surface area contributed by atoms with Gasteiger partial charge >= 0.3 is 0 Å². The van der Waals surface area contributed by atoms with E-state index in [1.165, 1.54) is 18.5 Å². The monoisotopic (exact) mass is 291 g/mol. The van der Waals surface area contributed by atoms with Crippen molar-refractivity contribution < 1.29 is 14.3 Å². The molecule has 0 spiro atoms. The molecule has 1 atom stereocenters. The average molecular weight is 291 g/mol. The Bertz CT molecular complexity index is 649. The van der Waals surface area contributed by atoms with Crippen molar-refractivity contribution in [2.75, 3.05) is 6.54 Å². The summed E-state index contributed by atoms with van der Waals surface area (Å²) in [6.45, 7) is 0.186. The van der Waals surface area contributed by atoms with Crippen LogP contribution in [0.25, 0.3) is 11.0 Å². The lowest BCUT2D eigenvalue weighted by atomic mass is 10.0. The first-order chi connectivity index (χ1) is 10.1. The maximum absolute atomic E-state index is 13.5. The molecule has 2 aromatic rings. The first kappa shape index (κ1) is 14.0. The van der Waals surface area contributed by atoms with Gasteiger partial charge in [0.2, 0.25) is 0 Å². The lowest BCUT2D eigenvalue weighted by Gasteiger charge is -2.18. The van der Waals surface area contributed by atoms with Gasteiger partial charge in [-0.1, -0.05) is 12.8 Å². The molecule has 0 radical (unpaired) electrons. The Kier molecular flexibility index (Phi) is 3.88. The molecule has 1 heterocycles. The molecule has 3 rings (SSSR count). The van der Waals surface area contributed by atoms with Gasteiger partial charge in [0.25, 0.3) is 5.91 Å². The zero-order valence-corrected chi connectivity index (χ0v) is 11.6. The van der Waals surface area contributed by atoms with Gasteiger partial charge in [0.1, 0.15) is 11.3 Å². The number of amides is 1. The summed E-state index contributed by atoms with van der Waals surface area (Å²) in [5, 5.41) is 12.7. The largest absolute Gasteiger partial charge is 0.391 e. The molecule has 1 unspecified atom stereocenters. The van der Waals surface area contributed by atoms with Crippen molar-refractivity contribution in [1.82, 2.24) is 15.3 Å². The molecule has 1 saturated carbocycles. The molecule has 1 aliphatic carbocycles. The van der Waals surface area contributed by atoms with Crippen LogP contribution in [0.5, 0.6) is 0 Å². The number of H-pyrrole nitrogens is 1. The number of nitrogens with one attached hydrogen (secondary N) is 2. The SMILES string of the molecule is O=C(NCC(O)C1CCCC1)c1cc(F)cc2[nH]cnc12. The zero-order chi connectivity index (χ0) is 14.8. The van der Waals surface area contributed by atoms with Crippen LogP contribution in [0.4, 0.5) is 4.39 Å². The number of hydrogen-bond donors (Lipinski definition) is 3. The van der Waals surface area contributed by atoms with Crippen LogP contribution in [-0.2, 0) is 0 Å². The van der Waals surface area contributed by atoms with Crippen LogP contribution in [-0.4, -0.2) is 33.6 Å². The summed E-state index contributed by atoms with van der Waals surface area (Å²) in [6.07, 6.45) is 5.15. The van der Waals surface area contributed by atoms with Crippen molar-refractivity contribution in [3.8, 4) is 0 Å². The van der Waals surface area contributed by atoms with Gasteiger partial charge in [-0.05, 0) is 30.9 Å². The van der Waals surface area contributed by atoms with Gasteiger partial charge < -0.3 is 15.4 Å². The maximum atomic E-state index is 13.5. The van der Waals surface area contributed by atoms with E-state index in [-0.39, 0.29) is 18.0 Å². The lowest BCUT2D eigenvalue weighted by Crippen LogP contribution is -2.35. The van der Waals surface area contributed by atoms with Crippen LogP contribution >= 0.6 is 0 Å². The van der Waals surface area contributed by atoms with E-state index in [9.17, 15) is 14.3 Å². The molecule has 0 bridgehead atoms. The van der Waals surface area contributed by atoms with Crippen LogP contribution in [0.3, 0.4) is 0 Å². The van der Waals surface area contributed by atoms with E-state index >= 15 is 0 Å². The van der Waals surface area contributed by atoms with Gasteiger partial charge in [-0.3, -0.25) is 4.79 Å². The Morgan fingerprint density at radius 2 is 2.24 bits per heavy atom. The number of rotatable bonds is 4. The van der Waals surface area contributed by atoms with Crippen LogP contribution in [0, 0.1) is 11.7 Å². The zero-order valence-electron chi connectivity index (χ0n) is 11.6. The fourth-order valence-electron chi connectivity index (χ4n) is 2.99. The highest BCUT2D eigenvalue weighted by Crippen LogP contribution is 2.27. The number of aromatic nitrogens is 2. The number of nitrogens with zero attached hydrogens (tertiary/aromatic N) is 1. The summed E-state index contributed by atoms with van der Waals surface area (Å²) >= 11 is 0. The minimum Gasteiger partial charge on any atom is -0.391 e. The van der Waals surface area contributed by atoms with Crippen molar-refractivity contribution in [3.05, 3.63) is 29.8 Å². The molecular weight excluding hydrogens is 273 g/mol. The van der Waals surface area contributed by atoms with Gasteiger partial charge in [0.15, 0.2) is 0 Å². The first-order valence-electron chi connectivity index (χ1n) is 7.24. The number of halogens is 1. The molecule has 1 fully saturated rings. The molecule has 1 aromatic heterocycles. The van der Waals surface area contributed by atoms with E-state index in [4.69, 9.17) is 0 Å². The second-order valence-electron chi connectivity index (χ2n) is 5.57. The minimum atomic E-state index is -0.542. The summed E-state index contributed by atoms with van der Waals surface area (Å²) < 4.78 is 13.5. The van der Waals surface area contributed by atoms with Crippen molar-refractivity contribution >= 4 is 16.9 Å². The standard InChI is InChI=1S/C15H18FN3O2/c16-10-5-11(14-12(6-10)18-8-19-14)15(21)17-7-13(20)9-3-1-2-4-9/h5-6,8-9,13,20H,1-4,7H2,(H,17,21)(H,18,19). The third kappa shape index (κ3) is 2.90. The van der Waals surface area contributed by atoms with Gasteiger partial charge in [-0.2, -0.15) is 0 Å². The highest BCUT2D eigenvalue weighted by molar-refractivity contribution is 6.04. The summed E-state index contributed by atoms with van der Waals surface area (Å²) in [5.41, 5.74) is 1.10. The molecule has 6 heteroatoms. The van der Waals surface area contributed by atoms with E-state index in [1.807, 2.05) is 0 Å². The Hall–Kier alpha value is -1.95. The Labute approximate surface area is 121 Å².